The number of anilines is 1. The molecule has 0 saturated carbocycles. The number of carbonyl (C=O) groups excluding carboxylic acids is 2. The number of hydrogen-bond donors (Lipinski definition) is 2. The highest BCUT2D eigenvalue weighted by Crippen LogP contribution is 2.43. The second kappa shape index (κ2) is 5.54. The van der Waals surface area contributed by atoms with Gasteiger partial charge >= 0.3 is 0 Å². The van der Waals surface area contributed by atoms with Crippen LogP contribution in [0.3, 0.4) is 0 Å². The van der Waals surface area contributed by atoms with E-state index in [1.165, 1.54) is 24.3 Å². The third-order valence-electron chi connectivity index (χ3n) is 3.88. The van der Waals surface area contributed by atoms with Crippen molar-refractivity contribution in [1.82, 2.24) is 0 Å². The number of aryl methyl sites for hydroxylation is 1. The Morgan fingerprint density at radius 3 is 2.61 bits per heavy atom. The van der Waals surface area contributed by atoms with E-state index in [0.29, 0.717) is 15.7 Å². The van der Waals surface area contributed by atoms with Gasteiger partial charge in [-0.05, 0) is 58.7 Å². The van der Waals surface area contributed by atoms with Crippen LogP contribution in [-0.2, 0) is 10.4 Å². The summed E-state index contributed by atoms with van der Waals surface area (Å²) in [6.07, 6.45) is -0.409. The highest BCUT2D eigenvalue weighted by atomic mass is 79.9. The molecule has 6 heteroatoms. The van der Waals surface area contributed by atoms with Crippen LogP contribution in [0.2, 0.25) is 0 Å². The maximum absolute atomic E-state index is 12.9. The van der Waals surface area contributed by atoms with Crippen molar-refractivity contribution in [2.45, 2.75) is 18.9 Å². The molecule has 0 fully saturated rings. The SMILES string of the molecule is Cc1cc(Br)c2c(c1)C(O)(CC(=O)c1ccc(F)cc1)C(=O)N2. The lowest BCUT2D eigenvalue weighted by Gasteiger charge is -2.20. The second-order valence-corrected chi connectivity index (χ2v) is 6.44. The van der Waals surface area contributed by atoms with Gasteiger partial charge in [0.05, 0.1) is 12.1 Å². The molecule has 0 spiro atoms. The van der Waals surface area contributed by atoms with E-state index in [4.69, 9.17) is 0 Å². The smallest absolute Gasteiger partial charge is 0.261 e. The predicted molar refractivity (Wildman–Crippen MR) is 86.8 cm³/mol. The number of carbonyl (C=O) groups is 2. The van der Waals surface area contributed by atoms with E-state index < -0.39 is 29.5 Å². The van der Waals surface area contributed by atoms with Gasteiger partial charge in [0, 0.05) is 15.6 Å². The molecule has 0 saturated heterocycles. The molecule has 0 radical (unpaired) electrons. The normalized spacial score (nSPS) is 19.4. The fourth-order valence-electron chi connectivity index (χ4n) is 2.68. The predicted octanol–water partition coefficient (Wildman–Crippen LogP) is 3.31. The van der Waals surface area contributed by atoms with Gasteiger partial charge in [0.15, 0.2) is 11.4 Å². The minimum atomic E-state index is -1.94. The molecule has 0 bridgehead atoms. The standard InChI is InChI=1S/C17H13BrFNO3/c1-9-6-12-15(13(18)7-9)20-16(22)17(12,23)8-14(21)10-2-4-11(19)5-3-10/h2-7,23H,8H2,1H3,(H,20,22). The number of halogens is 2. The molecule has 2 aromatic rings. The average molecular weight is 378 g/mol. The van der Waals surface area contributed by atoms with E-state index >= 15 is 0 Å². The van der Waals surface area contributed by atoms with Gasteiger partial charge in [-0.15, -0.1) is 0 Å². The quantitative estimate of drug-likeness (QED) is 0.806. The molecule has 1 atom stereocenters. The van der Waals surface area contributed by atoms with Crippen LogP contribution in [0.5, 0.6) is 0 Å². The lowest BCUT2D eigenvalue weighted by Crippen LogP contribution is -2.36. The van der Waals surface area contributed by atoms with Gasteiger partial charge in [-0.25, -0.2) is 4.39 Å². The summed E-state index contributed by atoms with van der Waals surface area (Å²) in [5, 5.41) is 13.4. The molecule has 1 amide bonds. The molecule has 1 heterocycles. The Kier molecular flexibility index (Phi) is 3.82. The molecule has 0 aliphatic carbocycles. The molecular formula is C17H13BrFNO3. The zero-order valence-electron chi connectivity index (χ0n) is 12.2. The van der Waals surface area contributed by atoms with Gasteiger partial charge in [0.2, 0.25) is 0 Å². The van der Waals surface area contributed by atoms with Crippen molar-refractivity contribution in [3.05, 3.63) is 63.4 Å². The van der Waals surface area contributed by atoms with E-state index in [0.717, 1.165) is 5.56 Å². The zero-order valence-corrected chi connectivity index (χ0v) is 13.8. The van der Waals surface area contributed by atoms with Gasteiger partial charge in [-0.2, -0.15) is 0 Å². The Bertz CT molecular complexity index is 819. The van der Waals surface area contributed by atoms with Crippen LogP contribution in [0, 0.1) is 12.7 Å². The molecule has 2 aromatic carbocycles. The first-order valence-corrected chi connectivity index (χ1v) is 7.74. The Balaban J connectivity index is 1.98. The van der Waals surface area contributed by atoms with Crippen LogP contribution < -0.4 is 5.32 Å². The van der Waals surface area contributed by atoms with Crippen LogP contribution in [0.25, 0.3) is 0 Å². The van der Waals surface area contributed by atoms with E-state index in [1.54, 1.807) is 6.07 Å². The first-order chi connectivity index (χ1) is 10.8. The summed E-state index contributed by atoms with van der Waals surface area (Å²) in [7, 11) is 0. The Morgan fingerprint density at radius 1 is 1.30 bits per heavy atom. The number of aliphatic hydroxyl groups is 1. The number of ketones is 1. The lowest BCUT2D eigenvalue weighted by atomic mass is 9.87. The molecule has 23 heavy (non-hydrogen) atoms. The van der Waals surface area contributed by atoms with Gasteiger partial charge in [-0.3, -0.25) is 9.59 Å². The molecule has 0 aromatic heterocycles. The zero-order chi connectivity index (χ0) is 16.8. The molecule has 1 unspecified atom stereocenters. The largest absolute Gasteiger partial charge is 0.375 e. The fourth-order valence-corrected chi connectivity index (χ4v) is 3.35. The number of Topliss-reactive ketones (excluding diaryl/α,β-unsaturated/α-hetero) is 1. The van der Waals surface area contributed by atoms with Crippen LogP contribution >= 0.6 is 15.9 Å². The summed E-state index contributed by atoms with van der Waals surface area (Å²) in [6, 6.07) is 8.49. The lowest BCUT2D eigenvalue weighted by molar-refractivity contribution is -0.133. The highest BCUT2D eigenvalue weighted by molar-refractivity contribution is 9.10. The number of fused-ring (bicyclic) bond motifs is 1. The number of rotatable bonds is 3. The van der Waals surface area contributed by atoms with Crippen molar-refractivity contribution < 1.29 is 19.1 Å². The Hall–Kier alpha value is -2.05. The number of amides is 1. The van der Waals surface area contributed by atoms with E-state index in [-0.39, 0.29) is 5.56 Å². The van der Waals surface area contributed by atoms with Crippen LogP contribution in [0.1, 0.15) is 27.9 Å². The van der Waals surface area contributed by atoms with E-state index in [9.17, 15) is 19.1 Å². The Morgan fingerprint density at radius 2 is 1.96 bits per heavy atom. The van der Waals surface area contributed by atoms with Crippen LogP contribution in [0.15, 0.2) is 40.9 Å². The van der Waals surface area contributed by atoms with Crippen molar-refractivity contribution in [2.75, 3.05) is 5.32 Å². The minimum absolute atomic E-state index is 0.243. The van der Waals surface area contributed by atoms with Gasteiger partial charge in [0.1, 0.15) is 5.82 Å². The van der Waals surface area contributed by atoms with Crippen molar-refractivity contribution in [1.29, 1.82) is 0 Å². The number of nitrogens with one attached hydrogen (secondary N) is 1. The van der Waals surface area contributed by atoms with Gasteiger partial charge < -0.3 is 10.4 Å². The van der Waals surface area contributed by atoms with Crippen LogP contribution in [0.4, 0.5) is 10.1 Å². The highest BCUT2D eigenvalue weighted by Gasteiger charge is 2.47. The summed E-state index contributed by atoms with van der Waals surface area (Å²) in [5.74, 6) is -1.54. The summed E-state index contributed by atoms with van der Waals surface area (Å²) in [5.41, 5.74) is -0.0116. The monoisotopic (exact) mass is 377 g/mol. The minimum Gasteiger partial charge on any atom is -0.375 e. The molecule has 1 aliphatic rings. The van der Waals surface area contributed by atoms with Crippen LogP contribution in [-0.4, -0.2) is 16.8 Å². The summed E-state index contributed by atoms with van der Waals surface area (Å²) >= 11 is 3.34. The molecule has 1 aliphatic heterocycles. The molecular weight excluding hydrogens is 365 g/mol. The topological polar surface area (TPSA) is 66.4 Å². The third kappa shape index (κ3) is 2.68. The first-order valence-electron chi connectivity index (χ1n) is 6.94. The van der Waals surface area contributed by atoms with Gasteiger partial charge in [0.25, 0.3) is 5.91 Å². The molecule has 3 rings (SSSR count). The summed E-state index contributed by atoms with van der Waals surface area (Å²) in [4.78, 5) is 24.6. The van der Waals surface area contributed by atoms with E-state index in [1.807, 2.05) is 13.0 Å². The fraction of sp³-hybridized carbons (Fsp3) is 0.176. The van der Waals surface area contributed by atoms with E-state index in [2.05, 4.69) is 21.2 Å². The number of hydrogen-bond acceptors (Lipinski definition) is 3. The maximum Gasteiger partial charge on any atom is 0.261 e. The van der Waals surface area contributed by atoms with Crippen molar-refractivity contribution >= 4 is 33.3 Å². The number of benzene rings is 2. The summed E-state index contributed by atoms with van der Waals surface area (Å²) < 4.78 is 13.6. The Labute approximate surface area is 140 Å². The van der Waals surface area contributed by atoms with Gasteiger partial charge in [-0.1, -0.05) is 6.07 Å². The molecule has 2 N–H and O–H groups in total. The van der Waals surface area contributed by atoms with Crippen molar-refractivity contribution in [2.24, 2.45) is 0 Å². The molecule has 4 nitrogen and oxygen atoms in total. The summed E-state index contributed by atoms with van der Waals surface area (Å²) in [6.45, 7) is 1.83. The third-order valence-corrected chi connectivity index (χ3v) is 4.50. The van der Waals surface area contributed by atoms with Crippen molar-refractivity contribution in [3.8, 4) is 0 Å². The molecule has 118 valence electrons. The second-order valence-electron chi connectivity index (χ2n) is 5.59. The average Bonchev–Trinajstić information content (AvgIpc) is 2.73. The van der Waals surface area contributed by atoms with Crippen molar-refractivity contribution in [3.63, 3.8) is 0 Å². The first kappa shape index (κ1) is 15.8. The maximum atomic E-state index is 12.9.